The summed E-state index contributed by atoms with van der Waals surface area (Å²) in [4.78, 5) is 16.9. The van der Waals surface area contributed by atoms with Crippen LogP contribution in [0.25, 0.3) is 0 Å². The molecule has 0 spiro atoms. The van der Waals surface area contributed by atoms with E-state index in [1.165, 1.54) is 0 Å². The Bertz CT molecular complexity index is 1030. The number of rotatable bonds is 7. The summed E-state index contributed by atoms with van der Waals surface area (Å²) in [6.45, 7) is 6.90. The van der Waals surface area contributed by atoms with Gasteiger partial charge in [-0.3, -0.25) is 9.69 Å². The summed E-state index contributed by atoms with van der Waals surface area (Å²) in [5.74, 6) is -2.46. The lowest BCUT2D eigenvalue weighted by Gasteiger charge is -2.41. The molecular weight excluding hydrogens is 466 g/mol. The minimum absolute atomic E-state index is 0.0352. The van der Waals surface area contributed by atoms with Gasteiger partial charge in [0.05, 0.1) is 6.42 Å². The zero-order chi connectivity index (χ0) is 24.5. The minimum atomic E-state index is -2.71. The number of amides is 1. The fourth-order valence-electron chi connectivity index (χ4n) is 4.99. The molecule has 2 heterocycles. The van der Waals surface area contributed by atoms with E-state index in [1.54, 1.807) is 12.0 Å². The van der Waals surface area contributed by atoms with Gasteiger partial charge in [0, 0.05) is 63.1 Å². The van der Waals surface area contributed by atoms with Gasteiger partial charge in [-0.2, -0.15) is 0 Å². The number of ether oxygens (including phenoxy) is 1. The summed E-state index contributed by atoms with van der Waals surface area (Å²) in [7, 11) is 1.57. The van der Waals surface area contributed by atoms with Crippen molar-refractivity contribution in [2.24, 2.45) is 5.92 Å². The molecule has 2 aromatic rings. The monoisotopic (exact) mass is 496 g/mol. The van der Waals surface area contributed by atoms with Gasteiger partial charge in [0.15, 0.2) is 0 Å². The lowest BCUT2D eigenvalue weighted by atomic mass is 9.98. The second-order valence-electron chi connectivity index (χ2n) is 9.46. The summed E-state index contributed by atoms with van der Waals surface area (Å²) >= 11 is 6.43. The lowest BCUT2D eigenvalue weighted by Crippen LogP contribution is -2.55. The van der Waals surface area contributed by atoms with Crippen LogP contribution >= 0.6 is 11.6 Å². The Morgan fingerprint density at radius 3 is 2.68 bits per heavy atom. The van der Waals surface area contributed by atoms with E-state index >= 15 is 0 Å². The van der Waals surface area contributed by atoms with Gasteiger partial charge in [0.2, 0.25) is 23.6 Å². The van der Waals surface area contributed by atoms with Crippen molar-refractivity contribution in [3.05, 3.63) is 45.6 Å². The van der Waals surface area contributed by atoms with Crippen LogP contribution in [0.15, 0.2) is 16.5 Å². The molecule has 1 unspecified atom stereocenters. The van der Waals surface area contributed by atoms with Crippen molar-refractivity contribution in [2.45, 2.75) is 64.6 Å². The van der Waals surface area contributed by atoms with E-state index < -0.39 is 11.8 Å². The first-order valence-electron chi connectivity index (χ1n) is 11.6. The summed E-state index contributed by atoms with van der Waals surface area (Å²) in [6.07, 6.45) is 0.235. The highest BCUT2D eigenvalue weighted by Crippen LogP contribution is 2.40. The molecule has 1 saturated heterocycles. The zero-order valence-electron chi connectivity index (χ0n) is 19.8. The number of halogens is 3. The van der Waals surface area contributed by atoms with E-state index in [2.05, 4.69) is 22.0 Å². The van der Waals surface area contributed by atoms with Crippen molar-refractivity contribution in [1.29, 1.82) is 0 Å². The maximum Gasteiger partial charge on any atom is 0.248 e. The number of nitrogens with zero attached hydrogens (tertiary/aromatic N) is 4. The van der Waals surface area contributed by atoms with Gasteiger partial charge in [-0.25, -0.2) is 8.78 Å². The van der Waals surface area contributed by atoms with Gasteiger partial charge in [-0.15, -0.1) is 10.2 Å². The number of hydrogen-bond acceptors (Lipinski definition) is 6. The first-order valence-corrected chi connectivity index (χ1v) is 12.0. The Balaban J connectivity index is 1.39. The third-order valence-electron chi connectivity index (χ3n) is 6.85. The molecule has 0 bridgehead atoms. The molecule has 34 heavy (non-hydrogen) atoms. The minimum Gasteiger partial charge on any atom is -0.422 e. The first-order chi connectivity index (χ1) is 16.1. The number of piperazine rings is 1. The van der Waals surface area contributed by atoms with Gasteiger partial charge in [0.25, 0.3) is 0 Å². The fraction of sp³-hybridized carbons (Fsp3) is 0.625. The molecule has 2 aliphatic rings. The molecule has 10 heteroatoms. The van der Waals surface area contributed by atoms with Gasteiger partial charge in [-0.1, -0.05) is 11.6 Å². The Morgan fingerprint density at radius 1 is 1.26 bits per heavy atom. The predicted octanol–water partition coefficient (Wildman–Crippen LogP) is 4.24. The number of benzene rings is 1. The number of aromatic nitrogens is 2. The van der Waals surface area contributed by atoms with E-state index in [0.29, 0.717) is 49.4 Å². The second kappa shape index (κ2) is 10.3. The number of methoxy groups -OCH3 is 1. The molecule has 1 aromatic heterocycles. The van der Waals surface area contributed by atoms with Gasteiger partial charge in [-0.05, 0) is 49.1 Å². The SMILES string of the molecule is COCc1nnc(Cc2cc(Cl)cc(CN3CCN(C(=O)C4CCC(F)(F)C4)[C@@H](C)C3)c2C)o1. The van der Waals surface area contributed by atoms with Crippen LogP contribution in [0.1, 0.15) is 54.7 Å². The molecule has 1 saturated carbocycles. The quantitative estimate of drug-likeness (QED) is 0.571. The molecule has 0 N–H and O–H groups in total. The van der Waals surface area contributed by atoms with Gasteiger partial charge >= 0.3 is 0 Å². The average Bonchev–Trinajstić information content (AvgIpc) is 3.37. The third-order valence-corrected chi connectivity index (χ3v) is 7.07. The maximum absolute atomic E-state index is 13.6. The normalized spacial score (nSPS) is 22.9. The molecule has 1 aliphatic heterocycles. The molecule has 1 aromatic carbocycles. The number of carbonyl (C=O) groups excluding carboxylic acids is 1. The van der Waals surface area contributed by atoms with E-state index in [-0.39, 0.29) is 37.8 Å². The van der Waals surface area contributed by atoms with Crippen LogP contribution in [0.3, 0.4) is 0 Å². The molecule has 0 radical (unpaired) electrons. The third kappa shape index (κ3) is 5.75. The van der Waals surface area contributed by atoms with Crippen LogP contribution in [0.2, 0.25) is 5.02 Å². The highest BCUT2D eigenvalue weighted by Gasteiger charge is 2.44. The molecule has 2 fully saturated rings. The van der Waals surface area contributed by atoms with Gasteiger partial charge < -0.3 is 14.1 Å². The highest BCUT2D eigenvalue weighted by molar-refractivity contribution is 6.30. The van der Waals surface area contributed by atoms with Crippen molar-refractivity contribution >= 4 is 17.5 Å². The average molecular weight is 497 g/mol. The molecule has 7 nitrogen and oxygen atoms in total. The number of alkyl halides is 2. The summed E-state index contributed by atoms with van der Waals surface area (Å²) < 4.78 is 37.8. The number of carbonyl (C=O) groups is 1. The molecule has 1 amide bonds. The van der Waals surface area contributed by atoms with Crippen LogP contribution in [0.5, 0.6) is 0 Å². The Kier molecular flexibility index (Phi) is 7.54. The molecule has 2 atom stereocenters. The van der Waals surface area contributed by atoms with E-state index in [1.807, 2.05) is 19.1 Å². The zero-order valence-corrected chi connectivity index (χ0v) is 20.6. The standard InChI is InChI=1S/C24H31ClF2N4O3/c1-15-12-30(6-7-31(15)23(32)17-4-5-24(26,27)11-17)13-19-9-20(25)8-18(16(19)2)10-21-28-29-22(34-21)14-33-3/h8-9,15,17H,4-7,10-14H2,1-3H3/t15-,17?/m0/s1. The lowest BCUT2D eigenvalue weighted by molar-refractivity contribution is -0.141. The van der Waals surface area contributed by atoms with E-state index in [9.17, 15) is 13.6 Å². The van der Waals surface area contributed by atoms with E-state index in [4.69, 9.17) is 20.8 Å². The van der Waals surface area contributed by atoms with Crippen molar-refractivity contribution in [2.75, 3.05) is 26.7 Å². The van der Waals surface area contributed by atoms with Crippen LogP contribution < -0.4 is 0 Å². The number of hydrogen-bond donors (Lipinski definition) is 0. The van der Waals surface area contributed by atoms with Crippen molar-refractivity contribution in [1.82, 2.24) is 20.0 Å². The van der Waals surface area contributed by atoms with Crippen LogP contribution in [-0.4, -0.2) is 64.6 Å². The largest absolute Gasteiger partial charge is 0.422 e. The summed E-state index contributed by atoms with van der Waals surface area (Å²) in [5, 5.41) is 8.70. The van der Waals surface area contributed by atoms with Crippen molar-refractivity contribution in [3.63, 3.8) is 0 Å². The van der Waals surface area contributed by atoms with Crippen molar-refractivity contribution in [3.8, 4) is 0 Å². The Labute approximate surface area is 203 Å². The molecule has 4 rings (SSSR count). The topological polar surface area (TPSA) is 71.7 Å². The molecular formula is C24H31ClF2N4O3. The molecule has 1 aliphatic carbocycles. The second-order valence-corrected chi connectivity index (χ2v) is 9.90. The Morgan fingerprint density at radius 2 is 2.00 bits per heavy atom. The maximum atomic E-state index is 13.6. The summed E-state index contributed by atoms with van der Waals surface area (Å²) in [6, 6.07) is 3.84. The highest BCUT2D eigenvalue weighted by atomic mass is 35.5. The first kappa shape index (κ1) is 25.0. The Hall–Kier alpha value is -2.10. The fourth-order valence-corrected chi connectivity index (χ4v) is 5.25. The van der Waals surface area contributed by atoms with E-state index in [0.717, 1.165) is 16.7 Å². The van der Waals surface area contributed by atoms with Crippen LogP contribution in [0.4, 0.5) is 8.78 Å². The molecule has 186 valence electrons. The van der Waals surface area contributed by atoms with Crippen LogP contribution in [0, 0.1) is 12.8 Å². The summed E-state index contributed by atoms with van der Waals surface area (Å²) in [5.41, 5.74) is 3.22. The predicted molar refractivity (Wildman–Crippen MR) is 123 cm³/mol. The van der Waals surface area contributed by atoms with Crippen molar-refractivity contribution < 1.29 is 22.7 Å². The smallest absolute Gasteiger partial charge is 0.248 e. The van der Waals surface area contributed by atoms with Gasteiger partial charge in [0.1, 0.15) is 6.61 Å². The van der Waals surface area contributed by atoms with Crippen LogP contribution in [-0.2, 0) is 29.1 Å².